The molecule has 33 heavy (non-hydrogen) atoms. The molecule has 0 bridgehead atoms. The largest absolute Gasteiger partial charge is 0.503 e. The number of carbonyl (C=O) groups is 2. The van der Waals surface area contributed by atoms with Crippen LogP contribution in [-0.2, 0) is 16.8 Å². The van der Waals surface area contributed by atoms with Crippen molar-refractivity contribution in [2.45, 2.75) is 51.0 Å². The summed E-state index contributed by atoms with van der Waals surface area (Å²) in [5.41, 5.74) is -1.88. The normalized spacial score (nSPS) is 21.8. The molecular formula is C23H25ClFN3O5. The third-order valence-electron chi connectivity index (χ3n) is 6.17. The van der Waals surface area contributed by atoms with Gasteiger partial charge in [-0.2, -0.15) is 0 Å². The zero-order valence-corrected chi connectivity index (χ0v) is 19.3. The van der Waals surface area contributed by atoms with Gasteiger partial charge in [-0.1, -0.05) is 23.7 Å². The van der Waals surface area contributed by atoms with E-state index < -0.39 is 34.3 Å². The molecule has 1 aromatic heterocycles. The molecule has 0 radical (unpaired) electrons. The molecular weight excluding hydrogens is 453 g/mol. The number of nitrogens with zero attached hydrogens (tertiary/aromatic N) is 2. The maximum absolute atomic E-state index is 14.1. The maximum atomic E-state index is 14.1. The lowest BCUT2D eigenvalue weighted by molar-refractivity contribution is -0.107. The van der Waals surface area contributed by atoms with E-state index in [0.717, 1.165) is 0 Å². The summed E-state index contributed by atoms with van der Waals surface area (Å²) in [6.07, 6.45) is 2.44. The average Bonchev–Trinajstić information content (AvgIpc) is 2.73. The summed E-state index contributed by atoms with van der Waals surface area (Å²) in [5.74, 6) is -2.74. The quantitative estimate of drug-likeness (QED) is 0.689. The van der Waals surface area contributed by atoms with Crippen molar-refractivity contribution in [2.24, 2.45) is 0 Å². The molecule has 8 nitrogen and oxygen atoms in total. The number of amides is 2. The highest BCUT2D eigenvalue weighted by molar-refractivity contribution is 6.30. The van der Waals surface area contributed by atoms with Crippen molar-refractivity contribution in [1.82, 2.24) is 14.8 Å². The summed E-state index contributed by atoms with van der Waals surface area (Å²) in [7, 11) is 1.61. The lowest BCUT2D eigenvalue weighted by Gasteiger charge is -2.54. The van der Waals surface area contributed by atoms with Gasteiger partial charge in [0.1, 0.15) is 11.4 Å². The number of benzene rings is 1. The first kappa shape index (κ1) is 23.3. The van der Waals surface area contributed by atoms with Crippen LogP contribution >= 0.6 is 11.6 Å². The van der Waals surface area contributed by atoms with Gasteiger partial charge in [0.05, 0.1) is 22.8 Å². The van der Waals surface area contributed by atoms with Crippen molar-refractivity contribution >= 4 is 23.4 Å². The van der Waals surface area contributed by atoms with Gasteiger partial charge in [-0.3, -0.25) is 14.4 Å². The van der Waals surface area contributed by atoms with Gasteiger partial charge in [-0.15, -0.1) is 0 Å². The van der Waals surface area contributed by atoms with E-state index in [1.807, 2.05) is 13.8 Å². The molecule has 10 heteroatoms. The Morgan fingerprint density at radius 3 is 2.73 bits per heavy atom. The fraction of sp³-hybridized carbons (Fsp3) is 0.435. The van der Waals surface area contributed by atoms with E-state index in [4.69, 9.17) is 16.3 Å². The van der Waals surface area contributed by atoms with E-state index in [0.29, 0.717) is 19.4 Å². The number of halogens is 2. The molecule has 176 valence electrons. The van der Waals surface area contributed by atoms with Gasteiger partial charge >= 0.3 is 0 Å². The second-order valence-corrected chi connectivity index (χ2v) is 9.34. The topological polar surface area (TPSA) is 101 Å². The molecule has 1 fully saturated rings. The number of rotatable bonds is 5. The SMILES string of the molecule is CC(C)O[C@H]1C[C@@]2(CN(C)C(=O)c3c(O)c(=O)c(C(=O)NCc4cccc(Cl)c4F)cn32)C1. The zero-order valence-electron chi connectivity index (χ0n) is 18.5. The van der Waals surface area contributed by atoms with Crippen LogP contribution < -0.4 is 10.7 Å². The van der Waals surface area contributed by atoms with E-state index >= 15 is 0 Å². The van der Waals surface area contributed by atoms with Crippen molar-refractivity contribution < 1.29 is 23.8 Å². The van der Waals surface area contributed by atoms with Crippen LogP contribution in [0.1, 0.15) is 53.1 Å². The smallest absolute Gasteiger partial charge is 0.274 e. The molecule has 1 spiro atoms. The molecule has 2 heterocycles. The molecule has 2 aliphatic rings. The summed E-state index contributed by atoms with van der Waals surface area (Å²) in [6.45, 7) is 4.02. The van der Waals surface area contributed by atoms with Gasteiger partial charge in [0.25, 0.3) is 11.8 Å². The zero-order chi connectivity index (χ0) is 24.1. The van der Waals surface area contributed by atoms with E-state index in [9.17, 15) is 23.9 Å². The molecule has 4 rings (SSSR count). The van der Waals surface area contributed by atoms with Crippen LogP contribution in [0.2, 0.25) is 5.02 Å². The van der Waals surface area contributed by atoms with E-state index in [-0.39, 0.29) is 40.6 Å². The van der Waals surface area contributed by atoms with E-state index in [1.54, 1.807) is 17.7 Å². The van der Waals surface area contributed by atoms with Crippen molar-refractivity contribution in [2.75, 3.05) is 13.6 Å². The second kappa shape index (κ2) is 8.46. The fourth-order valence-corrected chi connectivity index (χ4v) is 4.86. The fourth-order valence-electron chi connectivity index (χ4n) is 4.66. The number of carbonyl (C=O) groups excluding carboxylic acids is 2. The number of aromatic nitrogens is 1. The van der Waals surface area contributed by atoms with Gasteiger partial charge in [0, 0.05) is 31.9 Å². The van der Waals surface area contributed by atoms with Crippen LogP contribution in [-0.4, -0.2) is 52.2 Å². The number of hydrogen-bond acceptors (Lipinski definition) is 5. The standard InChI is InChI=1S/C23H25ClFN3O5/c1-12(2)33-14-7-23(8-14)11-27(3)22(32)18-20(30)19(29)15(10-28(18)23)21(31)26-9-13-5-4-6-16(24)17(13)25/h4-6,10,12,14,30H,7-9,11H2,1-3H3,(H,26,31)/t14-,23-. The minimum atomic E-state index is -0.960. The molecule has 0 saturated heterocycles. The van der Waals surface area contributed by atoms with Gasteiger partial charge in [-0.05, 0) is 32.8 Å². The Morgan fingerprint density at radius 1 is 1.36 bits per heavy atom. The Labute approximate surface area is 194 Å². The number of likely N-dealkylation sites (N-methyl/N-ethyl adjacent to an activating group) is 1. The molecule has 2 amide bonds. The number of aromatic hydroxyl groups is 1. The monoisotopic (exact) mass is 477 g/mol. The predicted octanol–water partition coefficient (Wildman–Crippen LogP) is 2.64. The van der Waals surface area contributed by atoms with Crippen LogP contribution in [0.4, 0.5) is 4.39 Å². The molecule has 2 N–H and O–H groups in total. The summed E-state index contributed by atoms with van der Waals surface area (Å²) >= 11 is 5.77. The summed E-state index contributed by atoms with van der Waals surface area (Å²) in [6, 6.07) is 4.40. The maximum Gasteiger partial charge on any atom is 0.274 e. The number of hydrogen-bond donors (Lipinski definition) is 2. The Hall–Kier alpha value is -2.91. The first-order valence-corrected chi connectivity index (χ1v) is 11.0. The Kier molecular flexibility index (Phi) is 5.96. The number of fused-ring (bicyclic) bond motifs is 2. The average molecular weight is 478 g/mol. The van der Waals surface area contributed by atoms with Crippen LogP contribution in [0.3, 0.4) is 0 Å². The number of nitrogens with one attached hydrogen (secondary N) is 1. The molecule has 1 saturated carbocycles. The Morgan fingerprint density at radius 2 is 2.06 bits per heavy atom. The van der Waals surface area contributed by atoms with Gasteiger partial charge < -0.3 is 24.6 Å². The molecule has 0 atom stereocenters. The highest BCUT2D eigenvalue weighted by Crippen LogP contribution is 2.46. The highest BCUT2D eigenvalue weighted by Gasteiger charge is 2.52. The lowest BCUT2D eigenvalue weighted by atomic mass is 9.72. The Bertz CT molecular complexity index is 1190. The third kappa shape index (κ3) is 4.00. The van der Waals surface area contributed by atoms with Crippen molar-refractivity contribution in [3.63, 3.8) is 0 Å². The number of pyridine rings is 1. The minimum Gasteiger partial charge on any atom is -0.503 e. The lowest BCUT2D eigenvalue weighted by Crippen LogP contribution is -2.61. The van der Waals surface area contributed by atoms with Gasteiger partial charge in [-0.25, -0.2) is 4.39 Å². The van der Waals surface area contributed by atoms with Crippen LogP contribution in [0, 0.1) is 5.82 Å². The summed E-state index contributed by atoms with van der Waals surface area (Å²) < 4.78 is 21.5. The second-order valence-electron chi connectivity index (χ2n) is 8.94. The van der Waals surface area contributed by atoms with Crippen molar-refractivity contribution in [3.05, 3.63) is 62.3 Å². The number of ether oxygens (including phenoxy) is 1. The van der Waals surface area contributed by atoms with E-state index in [1.165, 1.54) is 23.2 Å². The summed E-state index contributed by atoms with van der Waals surface area (Å²) in [4.78, 5) is 39.8. The molecule has 1 aliphatic heterocycles. The van der Waals surface area contributed by atoms with E-state index in [2.05, 4.69) is 5.32 Å². The molecule has 0 unspecified atom stereocenters. The minimum absolute atomic E-state index is 0.0328. The molecule has 1 aromatic carbocycles. The first-order valence-electron chi connectivity index (χ1n) is 10.6. The first-order chi connectivity index (χ1) is 15.5. The van der Waals surface area contributed by atoms with Crippen LogP contribution in [0.25, 0.3) is 0 Å². The van der Waals surface area contributed by atoms with Crippen molar-refractivity contribution in [1.29, 1.82) is 0 Å². The van der Waals surface area contributed by atoms with Crippen LogP contribution in [0.5, 0.6) is 5.75 Å². The predicted molar refractivity (Wildman–Crippen MR) is 119 cm³/mol. The highest BCUT2D eigenvalue weighted by atomic mass is 35.5. The Balaban J connectivity index is 1.67. The van der Waals surface area contributed by atoms with Crippen molar-refractivity contribution in [3.8, 4) is 5.75 Å². The summed E-state index contributed by atoms with van der Waals surface area (Å²) in [5, 5.41) is 13.0. The van der Waals surface area contributed by atoms with Gasteiger partial charge in [0.2, 0.25) is 5.43 Å². The van der Waals surface area contributed by atoms with Crippen LogP contribution in [0.15, 0.2) is 29.2 Å². The molecule has 2 aromatic rings. The molecule has 1 aliphatic carbocycles. The van der Waals surface area contributed by atoms with Gasteiger partial charge in [0.15, 0.2) is 11.4 Å². The third-order valence-corrected chi connectivity index (χ3v) is 6.46.